The monoisotopic (exact) mass is 409 g/mol. The van der Waals surface area contributed by atoms with E-state index in [9.17, 15) is 9.59 Å². The molecule has 1 aliphatic heterocycles. The van der Waals surface area contributed by atoms with E-state index >= 15 is 0 Å². The summed E-state index contributed by atoms with van der Waals surface area (Å²) in [5.41, 5.74) is 3.38. The number of likely N-dealkylation sites (tertiary alicyclic amines) is 1. The van der Waals surface area contributed by atoms with Gasteiger partial charge < -0.3 is 20.3 Å². The maximum atomic E-state index is 13.1. The SMILES string of the molecule is COc1ccccc1C1CCN(C(=O)c2ccc(C)c(NC(=O)NC(C)C)c2)CC1. The van der Waals surface area contributed by atoms with Gasteiger partial charge in [-0.3, -0.25) is 4.79 Å². The number of para-hydroxylation sites is 1. The number of anilines is 1. The van der Waals surface area contributed by atoms with Crippen LogP contribution in [-0.2, 0) is 0 Å². The summed E-state index contributed by atoms with van der Waals surface area (Å²) >= 11 is 0. The van der Waals surface area contributed by atoms with Crippen molar-refractivity contribution in [3.05, 3.63) is 59.2 Å². The lowest BCUT2D eigenvalue weighted by Crippen LogP contribution is -2.38. The Morgan fingerprint density at radius 3 is 2.47 bits per heavy atom. The Balaban J connectivity index is 1.66. The third kappa shape index (κ3) is 5.12. The molecule has 1 saturated heterocycles. The zero-order chi connectivity index (χ0) is 21.7. The summed E-state index contributed by atoms with van der Waals surface area (Å²) in [6, 6.07) is 13.4. The molecule has 1 fully saturated rings. The first-order chi connectivity index (χ1) is 14.4. The van der Waals surface area contributed by atoms with Crippen LogP contribution in [-0.4, -0.2) is 43.1 Å². The number of carbonyl (C=O) groups is 2. The van der Waals surface area contributed by atoms with Gasteiger partial charge in [-0.2, -0.15) is 0 Å². The van der Waals surface area contributed by atoms with E-state index in [4.69, 9.17) is 4.74 Å². The lowest BCUT2D eigenvalue weighted by atomic mass is 9.88. The van der Waals surface area contributed by atoms with E-state index in [1.807, 2.05) is 56.0 Å². The van der Waals surface area contributed by atoms with Gasteiger partial charge in [-0.05, 0) is 68.9 Å². The van der Waals surface area contributed by atoms with Crippen LogP contribution in [0.4, 0.5) is 10.5 Å². The number of piperidine rings is 1. The molecule has 2 aromatic rings. The molecule has 6 nitrogen and oxygen atoms in total. The van der Waals surface area contributed by atoms with E-state index in [2.05, 4.69) is 16.7 Å². The number of ether oxygens (including phenoxy) is 1. The number of amides is 3. The third-order valence-corrected chi connectivity index (χ3v) is 5.51. The first-order valence-electron chi connectivity index (χ1n) is 10.5. The molecule has 160 valence electrons. The van der Waals surface area contributed by atoms with Crippen LogP contribution in [0, 0.1) is 6.92 Å². The fraction of sp³-hybridized carbons (Fsp3) is 0.417. The van der Waals surface area contributed by atoms with Gasteiger partial charge in [0, 0.05) is 30.4 Å². The van der Waals surface area contributed by atoms with Gasteiger partial charge in [0.15, 0.2) is 0 Å². The average molecular weight is 410 g/mol. The van der Waals surface area contributed by atoms with Crippen molar-refractivity contribution in [2.45, 2.75) is 45.6 Å². The highest BCUT2D eigenvalue weighted by Gasteiger charge is 2.26. The molecule has 0 atom stereocenters. The number of methoxy groups -OCH3 is 1. The minimum atomic E-state index is -0.268. The second-order valence-electron chi connectivity index (χ2n) is 8.09. The van der Waals surface area contributed by atoms with Gasteiger partial charge in [0.1, 0.15) is 5.75 Å². The van der Waals surface area contributed by atoms with Crippen molar-refractivity contribution in [2.75, 3.05) is 25.5 Å². The zero-order valence-electron chi connectivity index (χ0n) is 18.2. The molecule has 0 unspecified atom stereocenters. The molecular formula is C24H31N3O3. The summed E-state index contributed by atoms with van der Waals surface area (Å²) in [7, 11) is 1.70. The number of hydrogen-bond acceptors (Lipinski definition) is 3. The maximum absolute atomic E-state index is 13.1. The van der Waals surface area contributed by atoms with E-state index in [0.29, 0.717) is 30.3 Å². The quantitative estimate of drug-likeness (QED) is 0.761. The molecule has 0 bridgehead atoms. The second kappa shape index (κ2) is 9.65. The molecule has 0 spiro atoms. The molecule has 2 aromatic carbocycles. The number of carbonyl (C=O) groups excluding carboxylic acids is 2. The van der Waals surface area contributed by atoms with Crippen molar-refractivity contribution in [1.29, 1.82) is 0 Å². The topological polar surface area (TPSA) is 70.7 Å². The Morgan fingerprint density at radius 2 is 1.80 bits per heavy atom. The van der Waals surface area contributed by atoms with Crippen molar-refractivity contribution in [3.63, 3.8) is 0 Å². The highest BCUT2D eigenvalue weighted by molar-refractivity contribution is 5.97. The Morgan fingerprint density at radius 1 is 1.10 bits per heavy atom. The summed E-state index contributed by atoms with van der Waals surface area (Å²) < 4.78 is 5.50. The van der Waals surface area contributed by atoms with Crippen molar-refractivity contribution in [3.8, 4) is 5.75 Å². The molecule has 3 rings (SSSR count). The van der Waals surface area contributed by atoms with Crippen molar-refractivity contribution < 1.29 is 14.3 Å². The van der Waals surface area contributed by atoms with E-state index in [-0.39, 0.29) is 18.0 Å². The summed E-state index contributed by atoms with van der Waals surface area (Å²) in [6.07, 6.45) is 1.81. The highest BCUT2D eigenvalue weighted by atomic mass is 16.5. The van der Waals surface area contributed by atoms with Crippen molar-refractivity contribution in [1.82, 2.24) is 10.2 Å². The van der Waals surface area contributed by atoms with E-state index in [0.717, 1.165) is 24.2 Å². The molecule has 6 heteroatoms. The molecular weight excluding hydrogens is 378 g/mol. The number of rotatable bonds is 5. The fourth-order valence-electron chi connectivity index (χ4n) is 3.89. The second-order valence-corrected chi connectivity index (χ2v) is 8.09. The maximum Gasteiger partial charge on any atom is 0.319 e. The molecule has 0 aliphatic carbocycles. The summed E-state index contributed by atoms with van der Waals surface area (Å²) in [5, 5.41) is 5.65. The highest BCUT2D eigenvalue weighted by Crippen LogP contribution is 2.34. The van der Waals surface area contributed by atoms with E-state index in [1.54, 1.807) is 13.2 Å². The van der Waals surface area contributed by atoms with Crippen LogP contribution in [0.25, 0.3) is 0 Å². The molecule has 3 amide bonds. The van der Waals surface area contributed by atoms with Crippen LogP contribution in [0.2, 0.25) is 0 Å². The van der Waals surface area contributed by atoms with Crippen LogP contribution in [0.1, 0.15) is 54.1 Å². The van der Waals surface area contributed by atoms with Crippen molar-refractivity contribution >= 4 is 17.6 Å². The van der Waals surface area contributed by atoms with E-state index < -0.39 is 0 Å². The molecule has 1 heterocycles. The van der Waals surface area contributed by atoms with Gasteiger partial charge in [0.2, 0.25) is 0 Å². The smallest absolute Gasteiger partial charge is 0.319 e. The lowest BCUT2D eigenvalue weighted by molar-refractivity contribution is 0.0712. The standard InChI is InChI=1S/C24H31N3O3/c1-16(2)25-24(29)26-21-15-19(10-9-17(21)3)23(28)27-13-11-18(12-14-27)20-7-5-6-8-22(20)30-4/h5-10,15-16,18H,11-14H2,1-4H3,(H2,25,26,29). The van der Waals surface area contributed by atoms with Crippen LogP contribution >= 0.6 is 0 Å². The van der Waals surface area contributed by atoms with Crippen molar-refractivity contribution in [2.24, 2.45) is 0 Å². The van der Waals surface area contributed by atoms with Crippen LogP contribution in [0.15, 0.2) is 42.5 Å². The number of hydrogen-bond donors (Lipinski definition) is 2. The molecule has 0 saturated carbocycles. The first kappa shape index (κ1) is 21.7. The molecule has 0 aromatic heterocycles. The van der Waals surface area contributed by atoms with Gasteiger partial charge in [0.05, 0.1) is 7.11 Å². The Kier molecular flexibility index (Phi) is 6.98. The van der Waals surface area contributed by atoms with Gasteiger partial charge in [-0.1, -0.05) is 24.3 Å². The Hall–Kier alpha value is -3.02. The fourth-order valence-corrected chi connectivity index (χ4v) is 3.89. The number of urea groups is 1. The van der Waals surface area contributed by atoms with Gasteiger partial charge in [-0.25, -0.2) is 4.79 Å². The Bertz CT molecular complexity index is 902. The normalized spacial score (nSPS) is 14.5. The molecule has 2 N–H and O–H groups in total. The lowest BCUT2D eigenvalue weighted by Gasteiger charge is -2.33. The number of aryl methyl sites for hydroxylation is 1. The van der Waals surface area contributed by atoms with Gasteiger partial charge >= 0.3 is 6.03 Å². The van der Waals surface area contributed by atoms with E-state index in [1.165, 1.54) is 5.56 Å². The first-order valence-corrected chi connectivity index (χ1v) is 10.5. The average Bonchev–Trinajstić information content (AvgIpc) is 2.74. The van der Waals surface area contributed by atoms with Crippen LogP contribution in [0.5, 0.6) is 5.75 Å². The largest absolute Gasteiger partial charge is 0.496 e. The number of benzene rings is 2. The van der Waals surface area contributed by atoms with Crippen LogP contribution < -0.4 is 15.4 Å². The predicted octanol–water partition coefficient (Wildman–Crippen LogP) is 4.55. The van der Waals surface area contributed by atoms with Gasteiger partial charge in [-0.15, -0.1) is 0 Å². The number of nitrogens with one attached hydrogen (secondary N) is 2. The molecule has 30 heavy (non-hydrogen) atoms. The zero-order valence-corrected chi connectivity index (χ0v) is 18.2. The minimum absolute atomic E-state index is 0.000736. The summed E-state index contributed by atoms with van der Waals surface area (Å²) in [5.74, 6) is 1.30. The number of nitrogens with zero attached hydrogens (tertiary/aromatic N) is 1. The van der Waals surface area contributed by atoms with Gasteiger partial charge in [0.25, 0.3) is 5.91 Å². The minimum Gasteiger partial charge on any atom is -0.496 e. The third-order valence-electron chi connectivity index (χ3n) is 5.51. The molecule has 1 aliphatic rings. The summed E-state index contributed by atoms with van der Waals surface area (Å²) in [6.45, 7) is 7.12. The Labute approximate surface area is 178 Å². The van der Waals surface area contributed by atoms with Crippen LogP contribution in [0.3, 0.4) is 0 Å². The summed E-state index contributed by atoms with van der Waals surface area (Å²) in [4.78, 5) is 27.0. The predicted molar refractivity (Wildman–Crippen MR) is 119 cm³/mol. The molecule has 0 radical (unpaired) electrons.